The van der Waals surface area contributed by atoms with Gasteiger partial charge in [0.05, 0.1) is 35.2 Å². The van der Waals surface area contributed by atoms with Crippen molar-refractivity contribution in [3.63, 3.8) is 0 Å². The summed E-state index contributed by atoms with van der Waals surface area (Å²) in [5.74, 6) is -0.151. The highest BCUT2D eigenvalue weighted by atomic mass is 35.5. The number of nitrogens with zero attached hydrogens (tertiary/aromatic N) is 1. The quantitative estimate of drug-likeness (QED) is 0.500. The van der Waals surface area contributed by atoms with E-state index in [-0.39, 0.29) is 37.0 Å². The first-order valence-corrected chi connectivity index (χ1v) is 12.2. The molecule has 2 aliphatic rings. The second-order valence-electron chi connectivity index (χ2n) is 8.61. The summed E-state index contributed by atoms with van der Waals surface area (Å²) >= 11 is 11.9. The summed E-state index contributed by atoms with van der Waals surface area (Å²) in [6.45, 7) is 3.05. The lowest BCUT2D eigenvalue weighted by Gasteiger charge is -2.36. The number of carbonyl (C=O) groups excluding carboxylic acids is 2. The molecule has 0 bridgehead atoms. The number of ether oxygens (including phenoxy) is 1. The number of benzene rings is 1. The summed E-state index contributed by atoms with van der Waals surface area (Å²) < 4.78 is 5.93. The molecule has 2 amide bonds. The molecule has 0 aliphatic carbocycles. The molecule has 178 valence electrons. The predicted molar refractivity (Wildman–Crippen MR) is 125 cm³/mol. The maximum atomic E-state index is 12.4. The van der Waals surface area contributed by atoms with Gasteiger partial charge in [-0.25, -0.2) is 0 Å². The van der Waals surface area contributed by atoms with Crippen molar-refractivity contribution in [3.8, 4) is 0 Å². The van der Waals surface area contributed by atoms with Gasteiger partial charge in [-0.2, -0.15) is 0 Å². The second-order valence-corrected chi connectivity index (χ2v) is 9.43. The Balaban J connectivity index is 1.38. The highest BCUT2D eigenvalue weighted by molar-refractivity contribution is 6.42. The van der Waals surface area contributed by atoms with Crippen molar-refractivity contribution >= 4 is 35.0 Å². The third-order valence-electron chi connectivity index (χ3n) is 6.13. The number of nitrogens with one attached hydrogen (secondary N) is 2. The number of carbonyl (C=O) groups is 2. The van der Waals surface area contributed by atoms with Gasteiger partial charge in [0.2, 0.25) is 11.8 Å². The van der Waals surface area contributed by atoms with Crippen molar-refractivity contribution in [2.75, 3.05) is 26.2 Å². The minimum Gasteiger partial charge on any atom is -0.394 e. The molecule has 0 aromatic heterocycles. The molecule has 9 heteroatoms. The molecule has 0 spiro atoms. The van der Waals surface area contributed by atoms with E-state index < -0.39 is 6.10 Å². The molecule has 2 aliphatic heterocycles. The van der Waals surface area contributed by atoms with Crippen LogP contribution in [0.25, 0.3) is 0 Å². The van der Waals surface area contributed by atoms with Crippen LogP contribution in [0.2, 0.25) is 10.0 Å². The van der Waals surface area contributed by atoms with Gasteiger partial charge in [0.15, 0.2) is 0 Å². The summed E-state index contributed by atoms with van der Waals surface area (Å²) in [5, 5.41) is 16.5. The van der Waals surface area contributed by atoms with E-state index in [1.54, 1.807) is 12.1 Å². The van der Waals surface area contributed by atoms with Crippen LogP contribution in [-0.4, -0.2) is 66.3 Å². The number of hydrogen-bond acceptors (Lipinski definition) is 5. The first-order chi connectivity index (χ1) is 15.4. The first-order valence-electron chi connectivity index (χ1n) is 11.4. The number of amides is 2. The lowest BCUT2D eigenvalue weighted by molar-refractivity contribution is -0.136. The van der Waals surface area contributed by atoms with Crippen molar-refractivity contribution < 1.29 is 19.4 Å². The van der Waals surface area contributed by atoms with Crippen LogP contribution >= 0.6 is 23.2 Å². The van der Waals surface area contributed by atoms with E-state index in [1.807, 2.05) is 6.07 Å². The maximum Gasteiger partial charge on any atom is 0.222 e. The van der Waals surface area contributed by atoms with Gasteiger partial charge < -0.3 is 25.4 Å². The Bertz CT molecular complexity index is 774. The van der Waals surface area contributed by atoms with Crippen molar-refractivity contribution in [3.05, 3.63) is 33.8 Å². The van der Waals surface area contributed by atoms with Crippen molar-refractivity contribution in [2.24, 2.45) is 0 Å². The van der Waals surface area contributed by atoms with Gasteiger partial charge in [-0.3, -0.25) is 9.59 Å². The van der Waals surface area contributed by atoms with Crippen LogP contribution in [0, 0.1) is 0 Å². The standard InChI is InChI=1S/C23H33Cl2N3O4/c24-18-6-4-16(12-19(18)25)14-26-23(31)13-17-5-7-20(21(15-29)32-17)27-22(30)8-11-28-9-2-1-3-10-28/h4,6,12,17,20-21,29H,1-3,5,7-11,13-15H2,(H,26,31)(H,27,30)/t17-,20+,21+/m0/s1. The minimum atomic E-state index is -0.504. The number of hydrogen-bond donors (Lipinski definition) is 3. The van der Waals surface area contributed by atoms with Crippen molar-refractivity contribution in [1.29, 1.82) is 0 Å². The molecule has 2 heterocycles. The summed E-state index contributed by atoms with van der Waals surface area (Å²) in [5.41, 5.74) is 0.859. The number of aliphatic hydroxyl groups is 1. The largest absolute Gasteiger partial charge is 0.394 e. The number of likely N-dealkylation sites (tertiary alicyclic amines) is 1. The molecule has 0 saturated carbocycles. The average molecular weight is 486 g/mol. The monoisotopic (exact) mass is 485 g/mol. The first kappa shape index (κ1) is 25.2. The van der Waals surface area contributed by atoms with E-state index in [1.165, 1.54) is 19.3 Å². The fraction of sp³-hybridized carbons (Fsp3) is 0.652. The summed E-state index contributed by atoms with van der Waals surface area (Å²) in [6.07, 6.45) is 4.86. The molecular weight excluding hydrogens is 453 g/mol. The Morgan fingerprint density at radius 2 is 1.88 bits per heavy atom. The van der Waals surface area contributed by atoms with E-state index in [0.717, 1.165) is 25.2 Å². The average Bonchev–Trinajstić information content (AvgIpc) is 2.80. The Hall–Kier alpha value is -1.38. The lowest BCUT2D eigenvalue weighted by Crippen LogP contribution is -2.51. The van der Waals surface area contributed by atoms with Crippen LogP contribution in [0.1, 0.15) is 50.5 Å². The van der Waals surface area contributed by atoms with Crippen LogP contribution in [0.3, 0.4) is 0 Å². The van der Waals surface area contributed by atoms with Gasteiger partial charge in [-0.15, -0.1) is 0 Å². The van der Waals surface area contributed by atoms with Gasteiger partial charge in [-0.05, 0) is 56.5 Å². The van der Waals surface area contributed by atoms with Gasteiger partial charge in [0.25, 0.3) is 0 Å². The number of aliphatic hydroxyl groups excluding tert-OH is 1. The van der Waals surface area contributed by atoms with E-state index in [4.69, 9.17) is 27.9 Å². The Morgan fingerprint density at radius 3 is 2.59 bits per heavy atom. The highest BCUT2D eigenvalue weighted by Gasteiger charge is 2.32. The summed E-state index contributed by atoms with van der Waals surface area (Å²) in [7, 11) is 0. The zero-order valence-electron chi connectivity index (χ0n) is 18.3. The van der Waals surface area contributed by atoms with E-state index in [9.17, 15) is 14.7 Å². The Morgan fingerprint density at radius 1 is 1.09 bits per heavy atom. The summed E-state index contributed by atoms with van der Waals surface area (Å²) in [4.78, 5) is 27.1. The van der Waals surface area contributed by atoms with Crippen LogP contribution in [-0.2, 0) is 20.9 Å². The molecule has 0 radical (unpaired) electrons. The number of halogens is 2. The number of rotatable bonds is 9. The lowest BCUT2D eigenvalue weighted by atomic mass is 9.96. The fourth-order valence-electron chi connectivity index (χ4n) is 4.30. The predicted octanol–water partition coefficient (Wildman–Crippen LogP) is 2.90. The van der Waals surface area contributed by atoms with Crippen molar-refractivity contribution in [2.45, 2.75) is 69.7 Å². The molecule has 2 fully saturated rings. The molecule has 1 aromatic rings. The van der Waals surface area contributed by atoms with E-state index in [2.05, 4.69) is 15.5 Å². The molecule has 0 unspecified atom stereocenters. The molecule has 3 atom stereocenters. The third kappa shape index (κ3) is 7.89. The minimum absolute atomic E-state index is 0.0135. The number of piperidine rings is 1. The highest BCUT2D eigenvalue weighted by Crippen LogP contribution is 2.24. The summed E-state index contributed by atoms with van der Waals surface area (Å²) in [6, 6.07) is 5.00. The Labute approximate surface area is 199 Å². The van der Waals surface area contributed by atoms with E-state index >= 15 is 0 Å². The van der Waals surface area contributed by atoms with Crippen LogP contribution < -0.4 is 10.6 Å². The molecule has 1 aromatic carbocycles. The SMILES string of the molecule is O=C(C[C@@H]1CC[C@@H](NC(=O)CCN2CCCCC2)[C@@H](CO)O1)NCc1ccc(Cl)c(Cl)c1. The second kappa shape index (κ2) is 12.8. The van der Waals surface area contributed by atoms with Crippen molar-refractivity contribution in [1.82, 2.24) is 15.5 Å². The zero-order chi connectivity index (χ0) is 22.9. The molecule has 7 nitrogen and oxygen atoms in total. The molecule has 32 heavy (non-hydrogen) atoms. The Kier molecular flexibility index (Phi) is 10.1. The molecule has 3 rings (SSSR count). The normalized spacial score (nSPS) is 24.2. The van der Waals surface area contributed by atoms with Crippen LogP contribution in [0.4, 0.5) is 0 Å². The van der Waals surface area contributed by atoms with Gasteiger partial charge in [-0.1, -0.05) is 35.7 Å². The zero-order valence-corrected chi connectivity index (χ0v) is 19.8. The molecule has 2 saturated heterocycles. The molecular formula is C23H33Cl2N3O4. The fourth-order valence-corrected chi connectivity index (χ4v) is 4.62. The van der Waals surface area contributed by atoms with E-state index in [0.29, 0.717) is 35.9 Å². The molecule has 3 N–H and O–H groups in total. The van der Waals surface area contributed by atoms with Gasteiger partial charge >= 0.3 is 0 Å². The van der Waals surface area contributed by atoms with Crippen LogP contribution in [0.5, 0.6) is 0 Å². The van der Waals surface area contributed by atoms with Gasteiger partial charge in [0, 0.05) is 19.5 Å². The third-order valence-corrected chi connectivity index (χ3v) is 6.87. The smallest absolute Gasteiger partial charge is 0.222 e. The topological polar surface area (TPSA) is 90.9 Å². The van der Waals surface area contributed by atoms with Crippen LogP contribution in [0.15, 0.2) is 18.2 Å². The van der Waals surface area contributed by atoms with Gasteiger partial charge in [0.1, 0.15) is 6.10 Å². The maximum absolute atomic E-state index is 12.4.